The second-order valence-electron chi connectivity index (χ2n) is 4.36. The fourth-order valence-corrected chi connectivity index (χ4v) is 2.45. The number of nitrogens with one attached hydrogen (secondary N) is 1. The van der Waals surface area contributed by atoms with Crippen LogP contribution < -0.4 is 10.1 Å². The Kier molecular flexibility index (Phi) is 4.20. The van der Waals surface area contributed by atoms with Crippen LogP contribution in [0.4, 0.5) is 5.82 Å². The quantitative estimate of drug-likeness (QED) is 0.847. The number of ether oxygens (including phenoxy) is 1. The summed E-state index contributed by atoms with van der Waals surface area (Å²) in [6.45, 7) is 5.52. The molecule has 1 unspecified atom stereocenters. The van der Waals surface area contributed by atoms with E-state index in [1.54, 1.807) is 13.3 Å². The van der Waals surface area contributed by atoms with E-state index < -0.39 is 0 Å². The van der Waals surface area contributed by atoms with Crippen LogP contribution >= 0.6 is 0 Å². The standard InChI is InChI=1S/C13H21N3O/c1-3-16-9-5-6-11(16)10-15-13-12(17-2)7-4-8-14-13/h4,7-8,11H,3,5-6,9-10H2,1-2H3,(H,14,15). The summed E-state index contributed by atoms with van der Waals surface area (Å²) in [5.74, 6) is 1.66. The predicted molar refractivity (Wildman–Crippen MR) is 69.5 cm³/mol. The topological polar surface area (TPSA) is 37.4 Å². The molecule has 0 aliphatic carbocycles. The van der Waals surface area contributed by atoms with Gasteiger partial charge < -0.3 is 10.1 Å². The summed E-state index contributed by atoms with van der Waals surface area (Å²) >= 11 is 0. The highest BCUT2D eigenvalue weighted by molar-refractivity contribution is 5.49. The molecule has 17 heavy (non-hydrogen) atoms. The fourth-order valence-electron chi connectivity index (χ4n) is 2.45. The molecule has 1 atom stereocenters. The molecule has 4 heteroatoms. The molecule has 1 aromatic rings. The van der Waals surface area contributed by atoms with Crippen LogP contribution in [0.15, 0.2) is 18.3 Å². The number of aromatic nitrogens is 1. The van der Waals surface area contributed by atoms with E-state index in [9.17, 15) is 0 Å². The van der Waals surface area contributed by atoms with Gasteiger partial charge in [0.1, 0.15) is 0 Å². The lowest BCUT2D eigenvalue weighted by Crippen LogP contribution is -2.34. The SMILES string of the molecule is CCN1CCCC1CNc1ncccc1OC. The van der Waals surface area contributed by atoms with Crippen molar-refractivity contribution in [1.82, 2.24) is 9.88 Å². The van der Waals surface area contributed by atoms with Gasteiger partial charge in [0.25, 0.3) is 0 Å². The van der Waals surface area contributed by atoms with Crippen LogP contribution in [0.1, 0.15) is 19.8 Å². The van der Waals surface area contributed by atoms with E-state index in [0.717, 1.165) is 24.7 Å². The molecule has 1 aromatic heterocycles. The lowest BCUT2D eigenvalue weighted by Gasteiger charge is -2.23. The zero-order valence-corrected chi connectivity index (χ0v) is 10.6. The van der Waals surface area contributed by atoms with Crippen molar-refractivity contribution in [3.8, 4) is 5.75 Å². The van der Waals surface area contributed by atoms with E-state index in [1.165, 1.54) is 19.4 Å². The average Bonchev–Trinajstić information content (AvgIpc) is 2.84. The number of anilines is 1. The van der Waals surface area contributed by atoms with Crippen molar-refractivity contribution in [3.63, 3.8) is 0 Å². The van der Waals surface area contributed by atoms with Gasteiger partial charge in [0.2, 0.25) is 0 Å². The molecule has 4 nitrogen and oxygen atoms in total. The first-order valence-electron chi connectivity index (χ1n) is 6.32. The van der Waals surface area contributed by atoms with Crippen molar-refractivity contribution >= 4 is 5.82 Å². The van der Waals surface area contributed by atoms with Gasteiger partial charge in [-0.1, -0.05) is 6.92 Å². The maximum atomic E-state index is 5.28. The number of pyridine rings is 1. The van der Waals surface area contributed by atoms with Gasteiger partial charge in [0, 0.05) is 18.8 Å². The minimum absolute atomic E-state index is 0.631. The number of hydrogen-bond acceptors (Lipinski definition) is 4. The second-order valence-corrected chi connectivity index (χ2v) is 4.36. The minimum Gasteiger partial charge on any atom is -0.493 e. The molecule has 2 heterocycles. The lowest BCUT2D eigenvalue weighted by atomic mass is 10.2. The maximum absolute atomic E-state index is 5.28. The molecular formula is C13H21N3O. The molecule has 1 aliphatic heterocycles. The highest BCUT2D eigenvalue weighted by atomic mass is 16.5. The molecule has 1 aliphatic rings. The van der Waals surface area contributed by atoms with Crippen LogP contribution in [0, 0.1) is 0 Å². The zero-order valence-electron chi connectivity index (χ0n) is 10.6. The average molecular weight is 235 g/mol. The van der Waals surface area contributed by atoms with E-state index in [1.807, 2.05) is 12.1 Å². The van der Waals surface area contributed by atoms with Gasteiger partial charge in [0.15, 0.2) is 11.6 Å². The zero-order chi connectivity index (χ0) is 12.1. The van der Waals surface area contributed by atoms with Gasteiger partial charge in [-0.3, -0.25) is 4.90 Å². The number of likely N-dealkylation sites (tertiary alicyclic amines) is 1. The Hall–Kier alpha value is -1.29. The summed E-state index contributed by atoms with van der Waals surface area (Å²) in [6.07, 6.45) is 4.37. The summed E-state index contributed by atoms with van der Waals surface area (Å²) in [5.41, 5.74) is 0. The smallest absolute Gasteiger partial charge is 0.168 e. The van der Waals surface area contributed by atoms with Crippen LogP contribution in [-0.2, 0) is 0 Å². The van der Waals surface area contributed by atoms with E-state index in [4.69, 9.17) is 4.74 Å². The van der Waals surface area contributed by atoms with Gasteiger partial charge in [-0.05, 0) is 38.1 Å². The molecule has 0 aromatic carbocycles. The molecule has 0 saturated carbocycles. The lowest BCUT2D eigenvalue weighted by molar-refractivity contribution is 0.276. The highest BCUT2D eigenvalue weighted by Crippen LogP contribution is 2.22. The van der Waals surface area contributed by atoms with Gasteiger partial charge >= 0.3 is 0 Å². The van der Waals surface area contributed by atoms with E-state index in [-0.39, 0.29) is 0 Å². The third-order valence-electron chi connectivity index (χ3n) is 3.40. The molecule has 1 fully saturated rings. The van der Waals surface area contributed by atoms with Crippen molar-refractivity contribution in [2.24, 2.45) is 0 Å². The van der Waals surface area contributed by atoms with Gasteiger partial charge in [-0.15, -0.1) is 0 Å². The molecule has 0 spiro atoms. The summed E-state index contributed by atoms with van der Waals surface area (Å²) in [4.78, 5) is 6.82. The number of rotatable bonds is 5. The molecule has 0 radical (unpaired) electrons. The van der Waals surface area contributed by atoms with E-state index >= 15 is 0 Å². The molecule has 0 amide bonds. The van der Waals surface area contributed by atoms with Crippen LogP contribution in [0.25, 0.3) is 0 Å². The van der Waals surface area contributed by atoms with E-state index in [2.05, 4.69) is 22.1 Å². The summed E-state index contributed by atoms with van der Waals surface area (Å²) in [7, 11) is 1.68. The number of methoxy groups -OCH3 is 1. The normalized spacial score (nSPS) is 20.5. The molecule has 1 saturated heterocycles. The first kappa shape index (κ1) is 12.2. The summed E-state index contributed by atoms with van der Waals surface area (Å²) in [5, 5.41) is 3.39. The predicted octanol–water partition coefficient (Wildman–Crippen LogP) is 1.99. The van der Waals surface area contributed by atoms with Gasteiger partial charge in [0.05, 0.1) is 7.11 Å². The molecule has 0 bridgehead atoms. The fraction of sp³-hybridized carbons (Fsp3) is 0.615. The number of hydrogen-bond donors (Lipinski definition) is 1. The van der Waals surface area contributed by atoms with Gasteiger partial charge in [-0.2, -0.15) is 0 Å². The Bertz CT molecular complexity index is 356. The van der Waals surface area contributed by atoms with Crippen LogP contribution in [0.3, 0.4) is 0 Å². The molecular weight excluding hydrogens is 214 g/mol. The van der Waals surface area contributed by atoms with Crippen molar-refractivity contribution in [1.29, 1.82) is 0 Å². The third kappa shape index (κ3) is 2.88. The van der Waals surface area contributed by atoms with Crippen LogP contribution in [-0.4, -0.2) is 42.7 Å². The van der Waals surface area contributed by atoms with Crippen molar-refractivity contribution in [2.75, 3.05) is 32.1 Å². The largest absolute Gasteiger partial charge is 0.493 e. The van der Waals surface area contributed by atoms with E-state index in [0.29, 0.717) is 6.04 Å². The van der Waals surface area contributed by atoms with Crippen LogP contribution in [0.5, 0.6) is 5.75 Å². The van der Waals surface area contributed by atoms with Crippen molar-refractivity contribution in [2.45, 2.75) is 25.8 Å². The Labute approximate surface area is 103 Å². The maximum Gasteiger partial charge on any atom is 0.168 e. The molecule has 2 rings (SSSR count). The second kappa shape index (κ2) is 5.87. The summed E-state index contributed by atoms with van der Waals surface area (Å²) < 4.78 is 5.28. The highest BCUT2D eigenvalue weighted by Gasteiger charge is 2.22. The Morgan fingerprint density at radius 2 is 2.47 bits per heavy atom. The molecule has 94 valence electrons. The van der Waals surface area contributed by atoms with Gasteiger partial charge in [-0.25, -0.2) is 4.98 Å². The Morgan fingerprint density at radius 1 is 1.59 bits per heavy atom. The number of likely N-dealkylation sites (N-methyl/N-ethyl adjacent to an activating group) is 1. The Morgan fingerprint density at radius 3 is 3.24 bits per heavy atom. The summed E-state index contributed by atoms with van der Waals surface area (Å²) in [6, 6.07) is 4.45. The third-order valence-corrected chi connectivity index (χ3v) is 3.40. The monoisotopic (exact) mass is 235 g/mol. The minimum atomic E-state index is 0.631. The number of nitrogens with zero attached hydrogens (tertiary/aromatic N) is 2. The van der Waals surface area contributed by atoms with Crippen molar-refractivity contribution in [3.05, 3.63) is 18.3 Å². The van der Waals surface area contributed by atoms with Crippen molar-refractivity contribution < 1.29 is 4.74 Å². The van der Waals surface area contributed by atoms with Crippen LogP contribution in [0.2, 0.25) is 0 Å². The molecule has 1 N–H and O–H groups in total. The Balaban J connectivity index is 1.93. The first-order valence-corrected chi connectivity index (χ1v) is 6.32. The first-order chi connectivity index (χ1) is 8.35.